The van der Waals surface area contributed by atoms with Gasteiger partial charge in [-0.1, -0.05) is 17.7 Å². The molecule has 0 aliphatic carbocycles. The summed E-state index contributed by atoms with van der Waals surface area (Å²) in [5.74, 6) is 0. The van der Waals surface area contributed by atoms with E-state index < -0.39 is 12.6 Å². The van der Waals surface area contributed by atoms with E-state index >= 15 is 0 Å². The smallest absolute Gasteiger partial charge is 0.383 e. The van der Waals surface area contributed by atoms with Gasteiger partial charge in [0.25, 0.3) is 0 Å². The topological polar surface area (TPSA) is 21.3 Å². The first-order chi connectivity index (χ1) is 8.47. The summed E-state index contributed by atoms with van der Waals surface area (Å²) in [6.07, 6.45) is -4.89. The van der Waals surface area contributed by atoms with Crippen LogP contribution < -0.4 is 5.32 Å². The molecule has 0 atom stereocenters. The maximum absolute atomic E-state index is 11.8. The fourth-order valence-corrected chi connectivity index (χ4v) is 1.53. The third-order valence-corrected chi connectivity index (χ3v) is 2.38. The summed E-state index contributed by atoms with van der Waals surface area (Å²) >= 11 is 5.79. The zero-order valence-corrected chi connectivity index (χ0v) is 10.5. The Morgan fingerprint density at radius 2 is 2.00 bits per heavy atom. The van der Waals surface area contributed by atoms with E-state index in [2.05, 4.69) is 5.32 Å². The average Bonchev–Trinajstić information content (AvgIpc) is 2.26. The van der Waals surface area contributed by atoms with Crippen molar-refractivity contribution in [2.75, 3.05) is 25.1 Å². The molecule has 0 saturated carbocycles. The highest BCUT2D eigenvalue weighted by molar-refractivity contribution is 6.30. The lowest BCUT2D eigenvalue weighted by Crippen LogP contribution is -2.12. The highest BCUT2D eigenvalue weighted by Crippen LogP contribution is 2.21. The lowest BCUT2D eigenvalue weighted by molar-refractivity contribution is -0.137. The Balaban J connectivity index is 2.02. The lowest BCUT2D eigenvalue weighted by atomic mass is 10.3. The van der Waals surface area contributed by atoms with Crippen molar-refractivity contribution in [3.8, 4) is 0 Å². The van der Waals surface area contributed by atoms with Crippen molar-refractivity contribution >= 4 is 17.3 Å². The SMILES string of the molecule is FC(F)(F)CCCOCCNc1cccc(Cl)c1. The molecule has 0 saturated heterocycles. The van der Waals surface area contributed by atoms with Crippen molar-refractivity contribution < 1.29 is 17.9 Å². The number of hydrogen-bond acceptors (Lipinski definition) is 2. The molecule has 1 rings (SSSR count). The van der Waals surface area contributed by atoms with Crippen molar-refractivity contribution in [3.05, 3.63) is 29.3 Å². The van der Waals surface area contributed by atoms with Crippen molar-refractivity contribution in [2.24, 2.45) is 0 Å². The van der Waals surface area contributed by atoms with Crippen LogP contribution in [0.3, 0.4) is 0 Å². The van der Waals surface area contributed by atoms with Crippen molar-refractivity contribution in [1.29, 1.82) is 0 Å². The molecule has 0 unspecified atom stereocenters. The van der Waals surface area contributed by atoms with Gasteiger partial charge in [-0.25, -0.2) is 0 Å². The highest BCUT2D eigenvalue weighted by Gasteiger charge is 2.25. The summed E-state index contributed by atoms with van der Waals surface area (Å²) in [6.45, 7) is 1.02. The molecule has 1 aromatic carbocycles. The summed E-state index contributed by atoms with van der Waals surface area (Å²) in [5, 5.41) is 3.69. The van der Waals surface area contributed by atoms with Gasteiger partial charge in [-0.15, -0.1) is 0 Å². The number of halogens is 4. The zero-order valence-electron chi connectivity index (χ0n) is 9.77. The van der Waals surface area contributed by atoms with Gasteiger partial charge in [0.1, 0.15) is 0 Å². The third-order valence-electron chi connectivity index (χ3n) is 2.15. The fraction of sp³-hybridized carbons (Fsp3) is 0.500. The van der Waals surface area contributed by atoms with Crippen LogP contribution in [0.25, 0.3) is 0 Å². The van der Waals surface area contributed by atoms with Crippen LogP contribution in [0.5, 0.6) is 0 Å². The van der Waals surface area contributed by atoms with E-state index in [0.717, 1.165) is 5.69 Å². The Kier molecular flexibility index (Phi) is 6.29. The molecule has 0 amide bonds. The van der Waals surface area contributed by atoms with E-state index in [0.29, 0.717) is 18.2 Å². The molecular formula is C12H15ClF3NO. The number of anilines is 1. The van der Waals surface area contributed by atoms with Crippen LogP contribution in [0, 0.1) is 0 Å². The predicted octanol–water partition coefficient (Wildman–Crippen LogP) is 4.11. The summed E-state index contributed by atoms with van der Waals surface area (Å²) in [4.78, 5) is 0. The Morgan fingerprint density at radius 1 is 1.22 bits per heavy atom. The molecule has 2 nitrogen and oxygen atoms in total. The molecule has 102 valence electrons. The molecular weight excluding hydrogens is 267 g/mol. The monoisotopic (exact) mass is 281 g/mol. The van der Waals surface area contributed by atoms with Gasteiger partial charge in [-0.2, -0.15) is 13.2 Å². The number of hydrogen-bond donors (Lipinski definition) is 1. The van der Waals surface area contributed by atoms with Crippen molar-refractivity contribution in [1.82, 2.24) is 0 Å². The van der Waals surface area contributed by atoms with Gasteiger partial charge in [0.2, 0.25) is 0 Å². The van der Waals surface area contributed by atoms with Gasteiger partial charge in [0.15, 0.2) is 0 Å². The second-order valence-electron chi connectivity index (χ2n) is 3.77. The van der Waals surface area contributed by atoms with Gasteiger partial charge >= 0.3 is 6.18 Å². The quantitative estimate of drug-likeness (QED) is 0.760. The van der Waals surface area contributed by atoms with Crippen LogP contribution in [0.4, 0.5) is 18.9 Å². The number of nitrogens with one attached hydrogen (secondary N) is 1. The number of benzene rings is 1. The first-order valence-corrected chi connectivity index (χ1v) is 5.99. The molecule has 1 N–H and O–H groups in total. The summed E-state index contributed by atoms with van der Waals surface area (Å²) < 4.78 is 40.5. The molecule has 0 bridgehead atoms. The normalized spacial score (nSPS) is 11.6. The molecule has 0 aliphatic rings. The highest BCUT2D eigenvalue weighted by atomic mass is 35.5. The predicted molar refractivity (Wildman–Crippen MR) is 66.0 cm³/mol. The molecule has 18 heavy (non-hydrogen) atoms. The second-order valence-corrected chi connectivity index (χ2v) is 4.20. The summed E-state index contributed by atoms with van der Waals surface area (Å²) in [7, 11) is 0. The maximum atomic E-state index is 11.8. The van der Waals surface area contributed by atoms with Crippen LogP contribution >= 0.6 is 11.6 Å². The van der Waals surface area contributed by atoms with Gasteiger partial charge in [-0.3, -0.25) is 0 Å². The van der Waals surface area contributed by atoms with E-state index in [1.165, 1.54) is 0 Å². The van der Waals surface area contributed by atoms with E-state index in [9.17, 15) is 13.2 Å². The minimum atomic E-state index is -4.09. The molecule has 0 heterocycles. The number of alkyl halides is 3. The zero-order chi connectivity index (χ0) is 13.4. The van der Waals surface area contributed by atoms with E-state index in [1.807, 2.05) is 12.1 Å². The molecule has 0 aliphatic heterocycles. The molecule has 0 fully saturated rings. The number of ether oxygens (including phenoxy) is 1. The van der Waals surface area contributed by atoms with E-state index in [1.54, 1.807) is 12.1 Å². The summed E-state index contributed by atoms with van der Waals surface area (Å²) in [5.41, 5.74) is 0.862. The molecule has 1 aromatic rings. The Morgan fingerprint density at radius 3 is 2.67 bits per heavy atom. The van der Waals surface area contributed by atoms with Crippen LogP contribution in [0.2, 0.25) is 5.02 Å². The number of rotatable bonds is 7. The molecule has 6 heteroatoms. The Hall–Kier alpha value is -0.940. The molecule has 0 spiro atoms. The fourth-order valence-electron chi connectivity index (χ4n) is 1.34. The lowest BCUT2D eigenvalue weighted by Gasteiger charge is -2.08. The second kappa shape index (κ2) is 7.48. The van der Waals surface area contributed by atoms with Gasteiger partial charge < -0.3 is 10.1 Å². The average molecular weight is 282 g/mol. The largest absolute Gasteiger partial charge is 0.389 e. The van der Waals surface area contributed by atoms with Crippen LogP contribution in [-0.4, -0.2) is 25.9 Å². The van der Waals surface area contributed by atoms with Crippen molar-refractivity contribution in [3.63, 3.8) is 0 Å². The van der Waals surface area contributed by atoms with Crippen LogP contribution in [-0.2, 0) is 4.74 Å². The Bertz CT molecular complexity index is 357. The molecule has 0 aromatic heterocycles. The third kappa shape index (κ3) is 7.40. The minimum Gasteiger partial charge on any atom is -0.383 e. The molecule has 0 radical (unpaired) electrons. The van der Waals surface area contributed by atoms with E-state index in [4.69, 9.17) is 16.3 Å². The Labute approximate surface area is 109 Å². The minimum absolute atomic E-state index is 0.000660. The first-order valence-electron chi connectivity index (χ1n) is 5.61. The van der Waals surface area contributed by atoms with Gasteiger partial charge in [0.05, 0.1) is 6.61 Å². The van der Waals surface area contributed by atoms with E-state index in [-0.39, 0.29) is 13.0 Å². The first kappa shape index (κ1) is 15.1. The maximum Gasteiger partial charge on any atom is 0.389 e. The summed E-state index contributed by atoms with van der Waals surface area (Å²) in [6, 6.07) is 7.20. The van der Waals surface area contributed by atoms with Gasteiger partial charge in [-0.05, 0) is 24.6 Å². The van der Waals surface area contributed by atoms with Crippen molar-refractivity contribution in [2.45, 2.75) is 19.0 Å². The van der Waals surface area contributed by atoms with Crippen LogP contribution in [0.1, 0.15) is 12.8 Å². The standard InChI is InChI=1S/C12H15ClF3NO/c13-10-3-1-4-11(9-10)17-6-8-18-7-2-5-12(14,15)16/h1,3-4,9,17H,2,5-8H2. The van der Waals surface area contributed by atoms with Crippen LogP contribution in [0.15, 0.2) is 24.3 Å². The van der Waals surface area contributed by atoms with Gasteiger partial charge in [0, 0.05) is 30.3 Å².